The van der Waals surface area contributed by atoms with Crippen molar-refractivity contribution in [2.75, 3.05) is 26.2 Å². The van der Waals surface area contributed by atoms with E-state index in [1.54, 1.807) is 0 Å². The molecular weight excluding hydrogens is 636 g/mol. The lowest BCUT2D eigenvalue weighted by Gasteiger charge is -1.95. The molecule has 96 valence electrons. The van der Waals surface area contributed by atoms with Crippen molar-refractivity contribution in [3.05, 3.63) is 0 Å². The normalized spacial score (nSPS) is 6.43. The fourth-order valence-electron chi connectivity index (χ4n) is 0.722. The van der Waals surface area contributed by atoms with Crippen LogP contribution in [0, 0.1) is 0 Å². The van der Waals surface area contributed by atoms with E-state index in [1.165, 1.54) is 25.9 Å². The number of halogens is 4. The molecule has 0 heterocycles. The maximum Gasteiger partial charge on any atom is 0.0809 e. The molecule has 0 bridgehead atoms. The predicted octanol–water partition coefficient (Wildman–Crippen LogP) is -14.8. The van der Waals surface area contributed by atoms with E-state index in [0.717, 1.165) is 13.1 Å². The van der Waals surface area contributed by atoms with Crippen molar-refractivity contribution in [2.24, 2.45) is 0 Å². The fourth-order valence-corrected chi connectivity index (χ4v) is 0.722. The lowest BCUT2D eigenvalue weighted by Crippen LogP contribution is -3.00. The largest absolute Gasteiger partial charge is 1.00 e. The number of hydrogen-bond donors (Lipinski definition) is 4. The lowest BCUT2D eigenvalue weighted by molar-refractivity contribution is -0.659. The maximum atomic E-state index is 3.77. The highest BCUT2D eigenvalue weighted by molar-refractivity contribution is 4.26. The van der Waals surface area contributed by atoms with Gasteiger partial charge in [0.05, 0.1) is 26.2 Å². The predicted molar refractivity (Wildman–Crippen MR) is 42.4 cm³/mol. The van der Waals surface area contributed by atoms with E-state index in [0.29, 0.717) is 0 Å². The second kappa shape index (κ2) is 36.0. The fraction of sp³-hybridized carbons (Fsp3) is 1.00. The average molecular weight is 660 g/mol. The molecule has 8 heteroatoms. The molecular formula is C6H24I4N4. The zero-order chi connectivity index (χ0) is 6.95. The van der Waals surface area contributed by atoms with Crippen LogP contribution in [0.25, 0.3) is 0 Å². The van der Waals surface area contributed by atoms with E-state index in [4.69, 9.17) is 0 Å². The minimum atomic E-state index is 0. The molecule has 0 unspecified atom stereocenters. The van der Waals surface area contributed by atoms with Crippen LogP contribution in [0.2, 0.25) is 0 Å². The van der Waals surface area contributed by atoms with Crippen LogP contribution in [0.4, 0.5) is 0 Å². The molecule has 0 aliphatic rings. The van der Waals surface area contributed by atoms with E-state index in [-0.39, 0.29) is 102 Å². The minimum Gasteiger partial charge on any atom is -1.00 e. The molecule has 0 atom stereocenters. The molecule has 0 saturated carbocycles. The summed E-state index contributed by atoms with van der Waals surface area (Å²) >= 11 is 0. The van der Waals surface area contributed by atoms with Gasteiger partial charge in [-0.25, -0.2) is 0 Å². The summed E-state index contributed by atoms with van der Waals surface area (Å²) in [5.74, 6) is 0. The van der Waals surface area contributed by atoms with Crippen molar-refractivity contribution in [1.29, 1.82) is 0 Å². The smallest absolute Gasteiger partial charge is 0.0809 e. The van der Waals surface area contributed by atoms with Gasteiger partial charge in [-0.1, -0.05) is 0 Å². The Bertz CT molecular complexity index is 55.1. The van der Waals surface area contributed by atoms with Crippen molar-refractivity contribution in [1.82, 2.24) is 6.15 Å². The van der Waals surface area contributed by atoms with Crippen LogP contribution in [-0.2, 0) is 0 Å². The first-order chi connectivity index (χ1) is 4.41. The van der Waals surface area contributed by atoms with Crippen LogP contribution in [0.15, 0.2) is 0 Å². The molecule has 0 radical (unpaired) electrons. The highest BCUT2D eigenvalue weighted by Gasteiger charge is 1.89. The van der Waals surface area contributed by atoms with Crippen LogP contribution in [-0.4, -0.2) is 26.2 Å². The number of quaternary nitrogens is 4. The number of nitrogens with two attached hydrogens (primary N) is 1. The SMILES string of the molecule is [I-].[I-].[I-].[I-].[NH3+]CCC[NH2+]CCC[NH3+].[NH4+]. The van der Waals surface area contributed by atoms with Crippen molar-refractivity contribution in [2.45, 2.75) is 12.8 Å². The number of rotatable bonds is 6. The summed E-state index contributed by atoms with van der Waals surface area (Å²) in [5.41, 5.74) is 7.54. The zero-order valence-electron chi connectivity index (χ0n) is 8.75. The van der Waals surface area contributed by atoms with Gasteiger partial charge in [-0.3, -0.25) is 0 Å². The Labute approximate surface area is 156 Å². The van der Waals surface area contributed by atoms with Gasteiger partial charge in [0.15, 0.2) is 0 Å². The molecule has 0 amide bonds. The molecule has 0 saturated heterocycles. The van der Waals surface area contributed by atoms with Crippen molar-refractivity contribution >= 4 is 0 Å². The maximum absolute atomic E-state index is 3.77. The third kappa shape index (κ3) is 36.4. The van der Waals surface area contributed by atoms with E-state index in [1.807, 2.05) is 0 Å². The van der Waals surface area contributed by atoms with Crippen LogP contribution >= 0.6 is 0 Å². The van der Waals surface area contributed by atoms with Crippen molar-refractivity contribution in [3.63, 3.8) is 0 Å². The second-order valence-electron chi connectivity index (χ2n) is 2.28. The van der Waals surface area contributed by atoms with Gasteiger partial charge in [0, 0.05) is 12.8 Å². The Kier molecular flexibility index (Phi) is 92.6. The first-order valence-electron chi connectivity index (χ1n) is 3.82. The van der Waals surface area contributed by atoms with E-state index >= 15 is 0 Å². The lowest BCUT2D eigenvalue weighted by atomic mass is 10.4. The van der Waals surface area contributed by atoms with Crippen LogP contribution in [0.5, 0.6) is 0 Å². The summed E-state index contributed by atoms with van der Waals surface area (Å²) in [7, 11) is 0. The monoisotopic (exact) mass is 660 g/mol. The summed E-state index contributed by atoms with van der Waals surface area (Å²) in [4.78, 5) is 0. The molecule has 14 heavy (non-hydrogen) atoms. The van der Waals surface area contributed by atoms with E-state index in [9.17, 15) is 0 Å². The summed E-state index contributed by atoms with van der Waals surface area (Å²) in [5, 5.41) is 2.34. The van der Waals surface area contributed by atoms with Gasteiger partial charge in [0.25, 0.3) is 0 Å². The summed E-state index contributed by atoms with van der Waals surface area (Å²) in [6.45, 7) is 4.62. The molecule has 4 nitrogen and oxygen atoms in total. The summed E-state index contributed by atoms with van der Waals surface area (Å²) in [6, 6.07) is 0. The third-order valence-electron chi connectivity index (χ3n) is 1.32. The molecule has 0 rings (SSSR count). The number of hydrogen-bond acceptors (Lipinski definition) is 0. The Morgan fingerprint density at radius 1 is 0.714 bits per heavy atom. The van der Waals surface area contributed by atoms with Gasteiger partial charge in [-0.15, -0.1) is 0 Å². The molecule has 0 spiro atoms. The Hall–Kier alpha value is 2.76. The van der Waals surface area contributed by atoms with Crippen molar-refractivity contribution in [3.8, 4) is 0 Å². The Balaban J connectivity index is -0.0000000320. The van der Waals surface area contributed by atoms with E-state index in [2.05, 4.69) is 16.8 Å². The average Bonchev–Trinajstić information content (AvgIpc) is 1.89. The molecule has 12 N–H and O–H groups in total. The highest BCUT2D eigenvalue weighted by Crippen LogP contribution is 1.61. The van der Waals surface area contributed by atoms with Gasteiger partial charge in [0.2, 0.25) is 0 Å². The highest BCUT2D eigenvalue weighted by atomic mass is 127. The minimum absolute atomic E-state index is 0. The van der Waals surface area contributed by atoms with E-state index < -0.39 is 0 Å². The molecule has 0 aromatic rings. The first-order valence-corrected chi connectivity index (χ1v) is 3.82. The topological polar surface area (TPSA) is 108 Å². The van der Waals surface area contributed by atoms with Gasteiger partial charge in [-0.05, 0) is 0 Å². The van der Waals surface area contributed by atoms with Crippen LogP contribution in [0.3, 0.4) is 0 Å². The standard InChI is InChI=1S/C6H17N3.4HI.H3N/c7-3-1-5-9-6-2-4-8;;;;;/h9H,1-8H2;4*1H;1H3. The quantitative estimate of drug-likeness (QED) is 0.161. The zero-order valence-corrected chi connectivity index (χ0v) is 17.4. The van der Waals surface area contributed by atoms with Gasteiger partial charge >= 0.3 is 0 Å². The molecule has 0 aromatic heterocycles. The molecule has 0 fully saturated rings. The van der Waals surface area contributed by atoms with Gasteiger partial charge < -0.3 is 119 Å². The Morgan fingerprint density at radius 2 is 1.00 bits per heavy atom. The molecule has 0 aromatic carbocycles. The Morgan fingerprint density at radius 3 is 1.21 bits per heavy atom. The third-order valence-corrected chi connectivity index (χ3v) is 1.32. The molecule has 0 aliphatic heterocycles. The first kappa shape index (κ1) is 36.0. The summed E-state index contributed by atoms with van der Waals surface area (Å²) in [6.07, 6.45) is 2.49. The second-order valence-corrected chi connectivity index (χ2v) is 2.28. The van der Waals surface area contributed by atoms with Crippen molar-refractivity contribution < 1.29 is 113 Å². The molecule has 0 aliphatic carbocycles. The van der Waals surface area contributed by atoms with Gasteiger partial charge in [0.1, 0.15) is 0 Å². The van der Waals surface area contributed by atoms with Crippen LogP contribution < -0.4 is 119 Å². The van der Waals surface area contributed by atoms with Crippen LogP contribution in [0.1, 0.15) is 12.8 Å². The summed E-state index contributed by atoms with van der Waals surface area (Å²) < 4.78 is 0. The van der Waals surface area contributed by atoms with Gasteiger partial charge in [-0.2, -0.15) is 0 Å².